The second-order valence-corrected chi connectivity index (χ2v) is 4.38. The highest BCUT2D eigenvalue weighted by atomic mass is 16.4. The molecule has 0 aliphatic heterocycles. The Morgan fingerprint density at radius 1 is 0.950 bits per heavy atom. The Morgan fingerprint density at radius 3 is 2.15 bits per heavy atom. The van der Waals surface area contributed by atoms with E-state index >= 15 is 0 Å². The number of hydrogen-bond donors (Lipinski definition) is 2. The first-order chi connectivity index (χ1) is 9.09. The molecule has 0 amide bonds. The van der Waals surface area contributed by atoms with E-state index in [0.717, 1.165) is 0 Å². The van der Waals surface area contributed by atoms with E-state index in [4.69, 9.17) is 5.11 Å². The summed E-state index contributed by atoms with van der Waals surface area (Å²) in [6.07, 6.45) is 0. The zero-order valence-corrected chi connectivity index (χ0v) is 11.2. The van der Waals surface area contributed by atoms with Gasteiger partial charge in [0.1, 0.15) is 0 Å². The number of hydrogen-bond acceptors (Lipinski definition) is 3. The Bertz CT molecular complexity index is 608. The highest BCUT2D eigenvalue weighted by Gasteiger charge is 2.16. The molecule has 0 saturated heterocycles. The van der Waals surface area contributed by atoms with Gasteiger partial charge in [-0.1, -0.05) is 48.5 Å². The zero-order chi connectivity index (χ0) is 13.8. The van der Waals surface area contributed by atoms with Crippen LogP contribution in [0.3, 0.4) is 0 Å². The van der Waals surface area contributed by atoms with E-state index in [1.54, 1.807) is 55.5 Å². The summed E-state index contributed by atoms with van der Waals surface area (Å²) in [6.45, 7) is 1.61. The first-order valence-corrected chi connectivity index (χ1v) is 6.02. The van der Waals surface area contributed by atoms with Gasteiger partial charge in [-0.05, 0) is 18.6 Å². The highest BCUT2D eigenvalue weighted by Crippen LogP contribution is 2.18. The van der Waals surface area contributed by atoms with Gasteiger partial charge in [-0.25, -0.2) is 0 Å². The van der Waals surface area contributed by atoms with Crippen LogP contribution in [0.4, 0.5) is 0 Å². The van der Waals surface area contributed by atoms with Gasteiger partial charge >= 0.3 is 5.97 Å². The Labute approximate surface area is 117 Å². The Kier molecular flexibility index (Phi) is 5.17. The first-order valence-electron chi connectivity index (χ1n) is 6.02. The Hall–Kier alpha value is -2.46. The van der Waals surface area contributed by atoms with Crippen molar-refractivity contribution in [3.8, 4) is 0 Å². The molecule has 0 saturated carbocycles. The van der Waals surface area contributed by atoms with Crippen molar-refractivity contribution in [2.75, 3.05) is 0 Å². The van der Waals surface area contributed by atoms with Gasteiger partial charge in [0.2, 0.25) is 0 Å². The lowest BCUT2D eigenvalue weighted by atomic mass is 9.96. The lowest BCUT2D eigenvalue weighted by molar-refractivity contribution is -0.138. The standard InChI is InChI=1S/C16H14O3.H3N/c1-11(16(18)19)13-8-5-9-14(10-13)15(17)12-6-3-2-4-7-12;/h2-11H,1H3,(H,18,19);1H3. The number of carboxylic acid groups (broad SMARTS) is 1. The second-order valence-electron chi connectivity index (χ2n) is 4.38. The van der Waals surface area contributed by atoms with Crippen LogP contribution in [-0.4, -0.2) is 16.9 Å². The monoisotopic (exact) mass is 271 g/mol. The van der Waals surface area contributed by atoms with Gasteiger partial charge in [0.15, 0.2) is 5.78 Å². The molecule has 2 rings (SSSR count). The molecular weight excluding hydrogens is 254 g/mol. The predicted molar refractivity (Wildman–Crippen MR) is 77.4 cm³/mol. The summed E-state index contributed by atoms with van der Waals surface area (Å²) in [7, 11) is 0. The van der Waals surface area contributed by atoms with Gasteiger partial charge in [-0.3, -0.25) is 9.59 Å². The van der Waals surface area contributed by atoms with Crippen LogP contribution < -0.4 is 6.15 Å². The second kappa shape index (κ2) is 6.63. The van der Waals surface area contributed by atoms with E-state index in [1.165, 1.54) is 0 Å². The molecule has 4 N–H and O–H groups in total. The van der Waals surface area contributed by atoms with Crippen LogP contribution >= 0.6 is 0 Å². The van der Waals surface area contributed by atoms with E-state index < -0.39 is 11.9 Å². The summed E-state index contributed by atoms with van der Waals surface area (Å²) in [6, 6.07) is 15.7. The molecule has 0 aliphatic carbocycles. The number of carbonyl (C=O) groups is 2. The molecule has 0 radical (unpaired) electrons. The number of carboxylic acids is 1. The van der Waals surface area contributed by atoms with Crippen LogP contribution in [0.5, 0.6) is 0 Å². The van der Waals surface area contributed by atoms with Gasteiger partial charge < -0.3 is 11.3 Å². The van der Waals surface area contributed by atoms with E-state index in [1.807, 2.05) is 6.07 Å². The van der Waals surface area contributed by atoms with Crippen LogP contribution in [0.2, 0.25) is 0 Å². The summed E-state index contributed by atoms with van der Waals surface area (Å²) >= 11 is 0. The topological polar surface area (TPSA) is 89.4 Å². The molecule has 0 aromatic heterocycles. The van der Waals surface area contributed by atoms with Crippen molar-refractivity contribution in [2.45, 2.75) is 12.8 Å². The quantitative estimate of drug-likeness (QED) is 0.835. The molecule has 1 unspecified atom stereocenters. The van der Waals surface area contributed by atoms with E-state index in [2.05, 4.69) is 0 Å². The van der Waals surface area contributed by atoms with E-state index in [9.17, 15) is 9.59 Å². The lowest BCUT2D eigenvalue weighted by Gasteiger charge is -2.08. The Morgan fingerprint density at radius 2 is 1.55 bits per heavy atom. The van der Waals surface area contributed by atoms with Crippen molar-refractivity contribution >= 4 is 11.8 Å². The fourth-order valence-electron chi connectivity index (χ4n) is 1.85. The number of benzene rings is 2. The van der Waals surface area contributed by atoms with Crippen molar-refractivity contribution in [1.29, 1.82) is 0 Å². The minimum absolute atomic E-state index is 0. The molecule has 1 atom stereocenters. The molecule has 4 nitrogen and oxygen atoms in total. The third-order valence-corrected chi connectivity index (χ3v) is 3.06. The van der Waals surface area contributed by atoms with Gasteiger partial charge in [0.05, 0.1) is 5.92 Å². The maximum absolute atomic E-state index is 12.2. The molecule has 2 aromatic carbocycles. The average Bonchev–Trinajstić information content (AvgIpc) is 2.46. The largest absolute Gasteiger partial charge is 0.481 e. The van der Waals surface area contributed by atoms with E-state index in [-0.39, 0.29) is 11.9 Å². The van der Waals surface area contributed by atoms with Crippen molar-refractivity contribution in [1.82, 2.24) is 6.15 Å². The van der Waals surface area contributed by atoms with Crippen LogP contribution in [0.15, 0.2) is 54.6 Å². The van der Waals surface area contributed by atoms with Crippen LogP contribution in [0.25, 0.3) is 0 Å². The van der Waals surface area contributed by atoms with Crippen molar-refractivity contribution in [2.24, 2.45) is 0 Å². The number of aliphatic carboxylic acids is 1. The van der Waals surface area contributed by atoms with Gasteiger partial charge in [0, 0.05) is 11.1 Å². The van der Waals surface area contributed by atoms with Crippen molar-refractivity contribution < 1.29 is 14.7 Å². The van der Waals surface area contributed by atoms with Crippen molar-refractivity contribution in [3.63, 3.8) is 0 Å². The molecule has 0 aliphatic rings. The van der Waals surface area contributed by atoms with Crippen LogP contribution in [-0.2, 0) is 4.79 Å². The third-order valence-electron chi connectivity index (χ3n) is 3.06. The molecule has 104 valence electrons. The van der Waals surface area contributed by atoms with E-state index in [0.29, 0.717) is 16.7 Å². The highest BCUT2D eigenvalue weighted by molar-refractivity contribution is 6.09. The molecular formula is C16H17NO3. The average molecular weight is 271 g/mol. The lowest BCUT2D eigenvalue weighted by Crippen LogP contribution is -2.09. The maximum Gasteiger partial charge on any atom is 0.310 e. The minimum atomic E-state index is -0.899. The summed E-state index contributed by atoms with van der Waals surface area (Å²) in [5.74, 6) is -1.62. The molecule has 0 bridgehead atoms. The fourth-order valence-corrected chi connectivity index (χ4v) is 1.85. The molecule has 2 aromatic rings. The Balaban J connectivity index is 0.00000200. The normalized spacial score (nSPS) is 11.2. The smallest absolute Gasteiger partial charge is 0.310 e. The molecule has 0 fully saturated rings. The molecule has 0 heterocycles. The van der Waals surface area contributed by atoms with Crippen LogP contribution in [0.1, 0.15) is 34.3 Å². The summed E-state index contributed by atoms with van der Waals surface area (Å²) in [5.41, 5.74) is 1.74. The summed E-state index contributed by atoms with van der Waals surface area (Å²) in [5, 5.41) is 9.00. The van der Waals surface area contributed by atoms with Crippen LogP contribution in [0, 0.1) is 0 Å². The number of carbonyl (C=O) groups excluding carboxylic acids is 1. The summed E-state index contributed by atoms with van der Waals surface area (Å²) < 4.78 is 0. The summed E-state index contributed by atoms with van der Waals surface area (Å²) in [4.78, 5) is 23.2. The molecule has 20 heavy (non-hydrogen) atoms. The van der Waals surface area contributed by atoms with Gasteiger partial charge in [-0.2, -0.15) is 0 Å². The van der Waals surface area contributed by atoms with Gasteiger partial charge in [0.25, 0.3) is 0 Å². The fraction of sp³-hybridized carbons (Fsp3) is 0.125. The molecule has 4 heteroatoms. The van der Waals surface area contributed by atoms with Crippen molar-refractivity contribution in [3.05, 3.63) is 71.3 Å². The maximum atomic E-state index is 12.2. The molecule has 0 spiro atoms. The number of ketones is 1. The predicted octanol–water partition coefficient (Wildman–Crippen LogP) is 3.27. The first kappa shape index (κ1) is 15.6. The third kappa shape index (κ3) is 3.30. The minimum Gasteiger partial charge on any atom is -0.481 e. The van der Waals surface area contributed by atoms with Gasteiger partial charge in [-0.15, -0.1) is 0 Å². The zero-order valence-electron chi connectivity index (χ0n) is 11.2. The SMILES string of the molecule is CC(C(=O)O)c1cccc(C(=O)c2ccccc2)c1.N. The number of rotatable bonds is 4.